The van der Waals surface area contributed by atoms with Gasteiger partial charge in [-0.1, -0.05) is 31.4 Å². The molecule has 0 spiro atoms. The molecule has 21 heavy (non-hydrogen) atoms. The van der Waals surface area contributed by atoms with Crippen molar-refractivity contribution in [2.75, 3.05) is 0 Å². The largest absolute Gasteiger partial charge is 0.483 e. The van der Waals surface area contributed by atoms with Crippen LogP contribution in [0.15, 0.2) is 18.2 Å². The number of nitrogens with one attached hydrogen (secondary N) is 1. The van der Waals surface area contributed by atoms with Crippen molar-refractivity contribution < 1.29 is 14.3 Å². The van der Waals surface area contributed by atoms with Crippen molar-refractivity contribution in [3.8, 4) is 11.5 Å². The number of para-hydroxylation sites is 1. The lowest BCUT2D eigenvalue weighted by Crippen LogP contribution is -2.38. The van der Waals surface area contributed by atoms with E-state index >= 15 is 0 Å². The van der Waals surface area contributed by atoms with Crippen LogP contribution >= 0.6 is 0 Å². The van der Waals surface area contributed by atoms with Gasteiger partial charge in [0.05, 0.1) is 0 Å². The number of amides is 1. The van der Waals surface area contributed by atoms with E-state index in [0.29, 0.717) is 11.5 Å². The molecule has 2 aliphatic rings. The zero-order valence-electron chi connectivity index (χ0n) is 12.8. The summed E-state index contributed by atoms with van der Waals surface area (Å²) in [5, 5.41) is 2.96. The highest BCUT2D eigenvalue weighted by Gasteiger charge is 2.32. The first kappa shape index (κ1) is 14.2. The number of ether oxygens (including phenoxy) is 2. The highest BCUT2D eigenvalue weighted by Crippen LogP contribution is 2.41. The molecule has 1 N–H and O–H groups in total. The first-order valence-corrected chi connectivity index (χ1v) is 7.83. The van der Waals surface area contributed by atoms with E-state index in [4.69, 9.17) is 9.47 Å². The van der Waals surface area contributed by atoms with Gasteiger partial charge in [-0.15, -0.1) is 0 Å². The summed E-state index contributed by atoms with van der Waals surface area (Å²) in [5.41, 5.74) is 0.865. The van der Waals surface area contributed by atoms with Gasteiger partial charge in [-0.2, -0.15) is 0 Å². The molecule has 1 fully saturated rings. The van der Waals surface area contributed by atoms with Gasteiger partial charge < -0.3 is 14.8 Å². The summed E-state index contributed by atoms with van der Waals surface area (Å²) < 4.78 is 11.4. The normalized spacial score (nSPS) is 20.5. The number of benzene rings is 1. The van der Waals surface area contributed by atoms with E-state index in [1.165, 1.54) is 19.3 Å². The molecular weight excluding hydrogens is 266 g/mol. The molecule has 1 aliphatic carbocycles. The SMILES string of the molecule is CC1(C)Cc2cccc(OC(=O)NC3CCCCC3)c2O1. The topological polar surface area (TPSA) is 47.6 Å². The molecule has 1 aliphatic heterocycles. The van der Waals surface area contributed by atoms with Crippen molar-refractivity contribution >= 4 is 6.09 Å². The predicted molar refractivity (Wildman–Crippen MR) is 80.9 cm³/mol. The molecule has 0 atom stereocenters. The molecule has 1 aromatic carbocycles. The van der Waals surface area contributed by atoms with Crippen LogP contribution in [0, 0.1) is 0 Å². The van der Waals surface area contributed by atoms with Crippen LogP contribution < -0.4 is 14.8 Å². The lowest BCUT2D eigenvalue weighted by molar-refractivity contribution is 0.132. The van der Waals surface area contributed by atoms with E-state index in [0.717, 1.165) is 24.8 Å². The Kier molecular flexibility index (Phi) is 3.79. The van der Waals surface area contributed by atoms with Crippen molar-refractivity contribution in [2.45, 2.75) is 64.0 Å². The van der Waals surface area contributed by atoms with Crippen molar-refractivity contribution in [3.63, 3.8) is 0 Å². The van der Waals surface area contributed by atoms with Gasteiger partial charge in [-0.05, 0) is 32.8 Å². The highest BCUT2D eigenvalue weighted by molar-refractivity contribution is 5.72. The summed E-state index contributed by atoms with van der Waals surface area (Å²) in [6.07, 6.45) is 6.19. The lowest BCUT2D eigenvalue weighted by Gasteiger charge is -2.22. The summed E-state index contributed by atoms with van der Waals surface area (Å²) in [7, 11) is 0. The molecule has 1 saturated carbocycles. The maximum Gasteiger partial charge on any atom is 0.412 e. The smallest absolute Gasteiger partial charge is 0.412 e. The van der Waals surface area contributed by atoms with Crippen LogP contribution in [0.2, 0.25) is 0 Å². The molecule has 0 bridgehead atoms. The Morgan fingerprint density at radius 2 is 2.05 bits per heavy atom. The molecular formula is C17H23NO3. The fourth-order valence-electron chi connectivity index (χ4n) is 3.21. The molecule has 1 heterocycles. The third kappa shape index (κ3) is 3.31. The van der Waals surface area contributed by atoms with Crippen molar-refractivity contribution in [3.05, 3.63) is 23.8 Å². The van der Waals surface area contributed by atoms with Crippen molar-refractivity contribution in [2.24, 2.45) is 0 Å². The monoisotopic (exact) mass is 289 g/mol. The van der Waals surface area contributed by atoms with E-state index in [9.17, 15) is 4.79 Å². The molecule has 0 radical (unpaired) electrons. The van der Waals surface area contributed by atoms with Crippen LogP contribution in [0.5, 0.6) is 11.5 Å². The molecule has 1 amide bonds. The van der Waals surface area contributed by atoms with Gasteiger partial charge in [0.1, 0.15) is 5.60 Å². The molecule has 0 saturated heterocycles. The number of fused-ring (bicyclic) bond motifs is 1. The van der Waals surface area contributed by atoms with Gasteiger partial charge in [0.15, 0.2) is 11.5 Å². The number of rotatable bonds is 2. The van der Waals surface area contributed by atoms with Gasteiger partial charge in [-0.25, -0.2) is 4.79 Å². The van der Waals surface area contributed by atoms with Crippen LogP contribution in [-0.2, 0) is 6.42 Å². The molecule has 0 aromatic heterocycles. The maximum atomic E-state index is 12.1. The third-order valence-corrected chi connectivity index (χ3v) is 4.18. The average Bonchev–Trinajstić information content (AvgIpc) is 2.75. The summed E-state index contributed by atoms with van der Waals surface area (Å²) in [6.45, 7) is 4.08. The highest BCUT2D eigenvalue weighted by atomic mass is 16.6. The number of hydrogen-bond acceptors (Lipinski definition) is 3. The van der Waals surface area contributed by atoms with Gasteiger partial charge in [0, 0.05) is 18.0 Å². The predicted octanol–water partition coefficient (Wildman–Crippen LogP) is 3.82. The fourth-order valence-corrected chi connectivity index (χ4v) is 3.21. The summed E-state index contributed by atoms with van der Waals surface area (Å²) >= 11 is 0. The molecule has 3 rings (SSSR count). The van der Waals surface area contributed by atoms with Crippen LogP contribution in [0.3, 0.4) is 0 Å². The van der Waals surface area contributed by atoms with Gasteiger partial charge in [-0.3, -0.25) is 0 Å². The summed E-state index contributed by atoms with van der Waals surface area (Å²) in [5.74, 6) is 1.23. The minimum Gasteiger partial charge on any atom is -0.483 e. The first-order valence-electron chi connectivity index (χ1n) is 7.83. The maximum absolute atomic E-state index is 12.1. The Balaban J connectivity index is 1.66. The zero-order valence-corrected chi connectivity index (χ0v) is 12.8. The number of carbonyl (C=O) groups excluding carboxylic acids is 1. The second-order valence-electron chi connectivity index (χ2n) is 6.65. The summed E-state index contributed by atoms with van der Waals surface area (Å²) in [4.78, 5) is 12.1. The minimum absolute atomic E-state index is 0.234. The Hall–Kier alpha value is -1.71. The average molecular weight is 289 g/mol. The van der Waals surface area contributed by atoms with Gasteiger partial charge in [0.25, 0.3) is 0 Å². The minimum atomic E-state index is -0.372. The Morgan fingerprint density at radius 1 is 1.29 bits per heavy atom. The fraction of sp³-hybridized carbons (Fsp3) is 0.588. The van der Waals surface area contributed by atoms with Crippen LogP contribution in [-0.4, -0.2) is 17.7 Å². The van der Waals surface area contributed by atoms with Crippen molar-refractivity contribution in [1.82, 2.24) is 5.32 Å². The van der Waals surface area contributed by atoms with E-state index in [1.807, 2.05) is 26.0 Å². The molecule has 0 unspecified atom stereocenters. The molecule has 4 heteroatoms. The van der Waals surface area contributed by atoms with E-state index in [2.05, 4.69) is 5.32 Å². The second-order valence-corrected chi connectivity index (χ2v) is 6.65. The Bertz CT molecular complexity index is 533. The molecule has 4 nitrogen and oxygen atoms in total. The summed E-state index contributed by atoms with van der Waals surface area (Å²) in [6, 6.07) is 5.98. The van der Waals surface area contributed by atoms with E-state index in [-0.39, 0.29) is 17.7 Å². The number of carbonyl (C=O) groups is 1. The van der Waals surface area contributed by atoms with Crippen LogP contribution in [0.1, 0.15) is 51.5 Å². The Labute approximate surface area is 125 Å². The zero-order chi connectivity index (χ0) is 14.9. The van der Waals surface area contributed by atoms with Crippen molar-refractivity contribution in [1.29, 1.82) is 0 Å². The van der Waals surface area contributed by atoms with E-state index < -0.39 is 0 Å². The standard InChI is InChI=1S/C17H23NO3/c1-17(2)11-12-7-6-10-14(15(12)21-17)20-16(19)18-13-8-4-3-5-9-13/h6-7,10,13H,3-5,8-9,11H2,1-2H3,(H,18,19). The van der Waals surface area contributed by atoms with Gasteiger partial charge in [0.2, 0.25) is 0 Å². The quantitative estimate of drug-likeness (QED) is 0.900. The lowest BCUT2D eigenvalue weighted by atomic mass is 9.96. The van der Waals surface area contributed by atoms with Gasteiger partial charge >= 0.3 is 6.09 Å². The van der Waals surface area contributed by atoms with Crippen LogP contribution in [0.4, 0.5) is 4.79 Å². The molecule has 114 valence electrons. The third-order valence-electron chi connectivity index (χ3n) is 4.18. The first-order chi connectivity index (χ1) is 10.0. The number of hydrogen-bond donors (Lipinski definition) is 1. The van der Waals surface area contributed by atoms with Crippen LogP contribution in [0.25, 0.3) is 0 Å². The second kappa shape index (κ2) is 5.58. The van der Waals surface area contributed by atoms with E-state index in [1.54, 1.807) is 6.07 Å². The Morgan fingerprint density at radius 3 is 2.81 bits per heavy atom. The molecule has 1 aromatic rings.